The molecule has 17 heavy (non-hydrogen) atoms. The zero-order valence-electron chi connectivity index (χ0n) is 9.68. The van der Waals surface area contributed by atoms with E-state index in [0.29, 0.717) is 12.3 Å². The van der Waals surface area contributed by atoms with Crippen LogP contribution in [-0.4, -0.2) is 36.4 Å². The average Bonchev–Trinajstić information content (AvgIpc) is 2.76. The van der Waals surface area contributed by atoms with E-state index in [1.54, 1.807) is 11.9 Å². The molecule has 1 aliphatic rings. The molecule has 0 aliphatic carbocycles. The van der Waals surface area contributed by atoms with Crippen molar-refractivity contribution in [2.24, 2.45) is 0 Å². The summed E-state index contributed by atoms with van der Waals surface area (Å²) < 4.78 is 10.5. The van der Waals surface area contributed by atoms with Crippen molar-refractivity contribution in [2.45, 2.75) is 13.0 Å². The standard InChI is InChI=1S/C12H15NO4/c1-13(12(15)4-5-14)7-9-2-3-10-11(6-9)17-8-16-10/h2-3,6,14H,4-5,7-8H2,1H3. The van der Waals surface area contributed by atoms with E-state index in [0.717, 1.165) is 11.3 Å². The summed E-state index contributed by atoms with van der Waals surface area (Å²) in [5.74, 6) is 1.37. The first kappa shape index (κ1) is 11.7. The molecule has 0 unspecified atom stereocenters. The number of rotatable bonds is 4. The topological polar surface area (TPSA) is 59.0 Å². The average molecular weight is 237 g/mol. The van der Waals surface area contributed by atoms with Gasteiger partial charge in [-0.15, -0.1) is 0 Å². The number of aliphatic hydroxyl groups is 1. The predicted octanol–water partition coefficient (Wildman–Crippen LogP) is 0.756. The lowest BCUT2D eigenvalue weighted by atomic mass is 10.2. The van der Waals surface area contributed by atoms with E-state index in [1.807, 2.05) is 18.2 Å². The maximum atomic E-state index is 11.5. The monoisotopic (exact) mass is 237 g/mol. The number of carbonyl (C=O) groups excluding carboxylic acids is 1. The highest BCUT2D eigenvalue weighted by atomic mass is 16.7. The Hall–Kier alpha value is -1.75. The van der Waals surface area contributed by atoms with Gasteiger partial charge < -0.3 is 19.5 Å². The van der Waals surface area contributed by atoms with E-state index in [2.05, 4.69) is 0 Å². The molecule has 5 nitrogen and oxygen atoms in total. The summed E-state index contributed by atoms with van der Waals surface area (Å²) >= 11 is 0. The molecule has 1 amide bonds. The Kier molecular flexibility index (Phi) is 3.49. The number of carbonyl (C=O) groups is 1. The highest BCUT2D eigenvalue weighted by molar-refractivity contribution is 5.75. The van der Waals surface area contributed by atoms with Crippen LogP contribution >= 0.6 is 0 Å². The maximum Gasteiger partial charge on any atom is 0.231 e. The summed E-state index contributed by atoms with van der Waals surface area (Å²) in [6.45, 7) is 0.623. The molecule has 0 aromatic heterocycles. The Bertz CT molecular complexity index is 419. The number of aliphatic hydroxyl groups excluding tert-OH is 1. The van der Waals surface area contributed by atoms with E-state index in [9.17, 15) is 4.79 Å². The van der Waals surface area contributed by atoms with Crippen molar-refractivity contribution in [1.29, 1.82) is 0 Å². The molecule has 5 heteroatoms. The summed E-state index contributed by atoms with van der Waals surface area (Å²) in [7, 11) is 1.71. The molecule has 92 valence electrons. The van der Waals surface area contributed by atoms with Crippen LogP contribution in [0, 0.1) is 0 Å². The Morgan fingerprint density at radius 2 is 2.18 bits per heavy atom. The smallest absolute Gasteiger partial charge is 0.231 e. The third-order valence-corrected chi connectivity index (χ3v) is 2.61. The van der Waals surface area contributed by atoms with Crippen molar-refractivity contribution in [3.8, 4) is 11.5 Å². The van der Waals surface area contributed by atoms with Crippen LogP contribution in [0.3, 0.4) is 0 Å². The van der Waals surface area contributed by atoms with Gasteiger partial charge in [-0.25, -0.2) is 0 Å². The lowest BCUT2D eigenvalue weighted by Crippen LogP contribution is -2.26. The van der Waals surface area contributed by atoms with Gasteiger partial charge in [0.15, 0.2) is 11.5 Å². The second-order valence-electron chi connectivity index (χ2n) is 3.91. The molecule has 1 heterocycles. The van der Waals surface area contributed by atoms with Crippen LogP contribution in [0.5, 0.6) is 11.5 Å². The molecule has 0 atom stereocenters. The van der Waals surface area contributed by atoms with Crippen LogP contribution < -0.4 is 9.47 Å². The first-order valence-corrected chi connectivity index (χ1v) is 5.44. The van der Waals surface area contributed by atoms with Crippen LogP contribution in [0.15, 0.2) is 18.2 Å². The zero-order chi connectivity index (χ0) is 12.3. The predicted molar refractivity (Wildman–Crippen MR) is 60.7 cm³/mol. The largest absolute Gasteiger partial charge is 0.454 e. The molecule has 1 N–H and O–H groups in total. The normalized spacial score (nSPS) is 12.6. The first-order valence-electron chi connectivity index (χ1n) is 5.44. The first-order chi connectivity index (χ1) is 8.20. The fourth-order valence-electron chi connectivity index (χ4n) is 1.69. The van der Waals surface area contributed by atoms with Gasteiger partial charge in [0, 0.05) is 20.0 Å². The van der Waals surface area contributed by atoms with Crippen molar-refractivity contribution >= 4 is 5.91 Å². The number of benzene rings is 1. The molecule has 0 saturated heterocycles. The second-order valence-corrected chi connectivity index (χ2v) is 3.91. The number of hydrogen-bond acceptors (Lipinski definition) is 4. The molecule has 0 radical (unpaired) electrons. The van der Waals surface area contributed by atoms with E-state index < -0.39 is 0 Å². The molecule has 2 rings (SSSR count). The minimum atomic E-state index is -0.121. The van der Waals surface area contributed by atoms with Gasteiger partial charge in [-0.2, -0.15) is 0 Å². The van der Waals surface area contributed by atoms with Crippen molar-refractivity contribution in [1.82, 2.24) is 4.90 Å². The van der Waals surface area contributed by atoms with Crippen molar-refractivity contribution in [2.75, 3.05) is 20.4 Å². The van der Waals surface area contributed by atoms with Gasteiger partial charge in [-0.3, -0.25) is 4.79 Å². The van der Waals surface area contributed by atoms with Gasteiger partial charge >= 0.3 is 0 Å². The molecule has 0 bridgehead atoms. The van der Waals surface area contributed by atoms with Crippen LogP contribution in [0.1, 0.15) is 12.0 Å². The zero-order valence-corrected chi connectivity index (χ0v) is 9.68. The summed E-state index contributed by atoms with van der Waals surface area (Å²) in [6.07, 6.45) is 0.154. The lowest BCUT2D eigenvalue weighted by Gasteiger charge is -2.16. The molecule has 1 aromatic carbocycles. The Morgan fingerprint density at radius 3 is 2.94 bits per heavy atom. The maximum absolute atomic E-state index is 11.5. The van der Waals surface area contributed by atoms with Crippen LogP contribution in [0.25, 0.3) is 0 Å². The van der Waals surface area contributed by atoms with Gasteiger partial charge in [0.1, 0.15) is 0 Å². The van der Waals surface area contributed by atoms with E-state index >= 15 is 0 Å². The second kappa shape index (κ2) is 5.05. The van der Waals surface area contributed by atoms with E-state index in [1.165, 1.54) is 0 Å². The summed E-state index contributed by atoms with van der Waals surface area (Å²) in [5, 5.41) is 8.69. The third kappa shape index (κ3) is 2.68. The summed E-state index contributed by atoms with van der Waals surface area (Å²) in [5.41, 5.74) is 0.975. The number of fused-ring (bicyclic) bond motifs is 1. The molecular weight excluding hydrogens is 222 g/mol. The molecule has 0 saturated carbocycles. The van der Waals surface area contributed by atoms with Crippen LogP contribution in [0.4, 0.5) is 0 Å². The van der Waals surface area contributed by atoms with Gasteiger partial charge in [-0.05, 0) is 17.7 Å². The molecular formula is C12H15NO4. The van der Waals surface area contributed by atoms with Gasteiger partial charge in [0.2, 0.25) is 12.7 Å². The molecule has 1 aliphatic heterocycles. The van der Waals surface area contributed by atoms with E-state index in [4.69, 9.17) is 14.6 Å². The SMILES string of the molecule is CN(Cc1ccc2c(c1)OCO2)C(=O)CCO. The van der Waals surface area contributed by atoms with Crippen LogP contribution in [-0.2, 0) is 11.3 Å². The summed E-state index contributed by atoms with van der Waals surface area (Å²) in [4.78, 5) is 13.1. The van der Waals surface area contributed by atoms with Crippen molar-refractivity contribution in [3.63, 3.8) is 0 Å². The Labute approximate surface area is 99.6 Å². The Morgan fingerprint density at radius 1 is 1.41 bits per heavy atom. The summed E-state index contributed by atoms with van der Waals surface area (Å²) in [6, 6.07) is 5.60. The van der Waals surface area contributed by atoms with Gasteiger partial charge in [-0.1, -0.05) is 6.07 Å². The third-order valence-electron chi connectivity index (χ3n) is 2.61. The van der Waals surface area contributed by atoms with Gasteiger partial charge in [0.05, 0.1) is 6.61 Å². The minimum Gasteiger partial charge on any atom is -0.454 e. The molecule has 0 spiro atoms. The molecule has 0 fully saturated rings. The number of ether oxygens (including phenoxy) is 2. The minimum absolute atomic E-state index is 0.0785. The molecule has 1 aromatic rings. The fraction of sp³-hybridized carbons (Fsp3) is 0.417. The highest BCUT2D eigenvalue weighted by Crippen LogP contribution is 2.32. The highest BCUT2D eigenvalue weighted by Gasteiger charge is 2.15. The number of hydrogen-bond donors (Lipinski definition) is 1. The quantitative estimate of drug-likeness (QED) is 0.839. The van der Waals surface area contributed by atoms with Crippen molar-refractivity contribution < 1.29 is 19.4 Å². The van der Waals surface area contributed by atoms with Gasteiger partial charge in [0.25, 0.3) is 0 Å². The fourth-order valence-corrected chi connectivity index (χ4v) is 1.69. The van der Waals surface area contributed by atoms with E-state index in [-0.39, 0.29) is 25.7 Å². The number of nitrogens with zero attached hydrogens (tertiary/aromatic N) is 1. The van der Waals surface area contributed by atoms with Crippen molar-refractivity contribution in [3.05, 3.63) is 23.8 Å². The lowest BCUT2D eigenvalue weighted by molar-refractivity contribution is -0.131. The number of amides is 1. The van der Waals surface area contributed by atoms with Crippen LogP contribution in [0.2, 0.25) is 0 Å². The Balaban J connectivity index is 2.01.